The fourth-order valence-corrected chi connectivity index (χ4v) is 2.47. The first kappa shape index (κ1) is 18.0. The van der Waals surface area contributed by atoms with Crippen molar-refractivity contribution in [2.24, 2.45) is 0 Å². The largest absolute Gasteiger partial charge is 0.382 e. The number of unbranched alkanes of at least 4 members (excludes halogenated alkanes) is 3. The van der Waals surface area contributed by atoms with E-state index in [-0.39, 0.29) is 24.4 Å². The summed E-state index contributed by atoms with van der Waals surface area (Å²) < 4.78 is 22.7. The Morgan fingerprint density at radius 2 is 1.90 bits per heavy atom. The van der Waals surface area contributed by atoms with E-state index in [1.165, 1.54) is 19.3 Å². The summed E-state index contributed by atoms with van der Waals surface area (Å²) in [5, 5.41) is 0. The highest BCUT2D eigenvalue weighted by Crippen LogP contribution is 2.26. The molecule has 1 fully saturated rings. The second-order valence-electron chi connectivity index (χ2n) is 5.64. The van der Waals surface area contributed by atoms with Crippen LogP contribution >= 0.6 is 0 Å². The van der Waals surface area contributed by atoms with Crippen molar-refractivity contribution in [2.45, 2.75) is 76.9 Å². The van der Waals surface area contributed by atoms with E-state index in [4.69, 9.17) is 26.8 Å². The van der Waals surface area contributed by atoms with Gasteiger partial charge in [-0.15, -0.1) is 0 Å². The summed E-state index contributed by atoms with van der Waals surface area (Å²) in [6.07, 6.45) is 4.31. The average Bonchev–Trinajstić information content (AvgIpc) is 2.66. The van der Waals surface area contributed by atoms with Crippen molar-refractivity contribution >= 4 is 7.85 Å². The van der Waals surface area contributed by atoms with Crippen molar-refractivity contribution in [1.82, 2.24) is 0 Å². The minimum absolute atomic E-state index is 0.111. The van der Waals surface area contributed by atoms with E-state index in [2.05, 4.69) is 6.92 Å². The van der Waals surface area contributed by atoms with E-state index in [0.717, 1.165) is 6.42 Å². The van der Waals surface area contributed by atoms with Crippen LogP contribution in [-0.4, -0.2) is 58.6 Å². The summed E-state index contributed by atoms with van der Waals surface area (Å²) in [5.74, 6) is 0. The molecule has 4 nitrogen and oxygen atoms in total. The van der Waals surface area contributed by atoms with Gasteiger partial charge in [-0.2, -0.15) is 0 Å². The predicted octanol–water partition coefficient (Wildman–Crippen LogP) is 2.29. The summed E-state index contributed by atoms with van der Waals surface area (Å²) in [6.45, 7) is 7.39. The Bertz CT molecular complexity index is 250. The van der Waals surface area contributed by atoms with Crippen LogP contribution in [0.1, 0.15) is 46.5 Å². The topological polar surface area (TPSA) is 36.9 Å². The zero-order valence-corrected chi connectivity index (χ0v) is 13.3. The summed E-state index contributed by atoms with van der Waals surface area (Å²) in [7, 11) is 7.68. The van der Waals surface area contributed by atoms with Crippen molar-refractivity contribution in [3.05, 3.63) is 0 Å². The van der Waals surface area contributed by atoms with Crippen LogP contribution in [0, 0.1) is 0 Å². The highest BCUT2D eigenvalue weighted by molar-refractivity contribution is 6.11. The van der Waals surface area contributed by atoms with Gasteiger partial charge in [-0.3, -0.25) is 0 Å². The average molecular weight is 284 g/mol. The molecule has 1 saturated heterocycles. The van der Waals surface area contributed by atoms with E-state index >= 15 is 0 Å². The first-order valence-corrected chi connectivity index (χ1v) is 7.77. The van der Waals surface area contributed by atoms with Gasteiger partial charge < -0.3 is 18.9 Å². The van der Waals surface area contributed by atoms with Gasteiger partial charge in [0.1, 0.15) is 26.2 Å². The molecule has 0 aromatic heterocycles. The Morgan fingerprint density at radius 3 is 2.50 bits per heavy atom. The molecule has 1 aliphatic heterocycles. The molecule has 1 heterocycles. The van der Waals surface area contributed by atoms with E-state index < -0.39 is 6.00 Å². The molecule has 1 aliphatic rings. The fourth-order valence-electron chi connectivity index (χ4n) is 2.47. The smallest absolute Gasteiger partial charge is 0.114 e. The van der Waals surface area contributed by atoms with Gasteiger partial charge in [0.15, 0.2) is 0 Å². The number of hydrogen-bond acceptors (Lipinski definition) is 4. The zero-order valence-electron chi connectivity index (χ0n) is 13.3. The third-order valence-corrected chi connectivity index (χ3v) is 3.41. The van der Waals surface area contributed by atoms with Crippen molar-refractivity contribution in [3.63, 3.8) is 0 Å². The molecule has 5 heteroatoms. The first-order chi connectivity index (χ1) is 9.60. The van der Waals surface area contributed by atoms with Crippen LogP contribution in [0.5, 0.6) is 0 Å². The fraction of sp³-hybridized carbons (Fsp3) is 1.00. The summed E-state index contributed by atoms with van der Waals surface area (Å²) >= 11 is 0. The second-order valence-corrected chi connectivity index (χ2v) is 5.64. The molecule has 0 aliphatic carbocycles. The van der Waals surface area contributed by atoms with Crippen molar-refractivity contribution in [1.29, 1.82) is 0 Å². The Labute approximate surface area is 124 Å². The van der Waals surface area contributed by atoms with Crippen molar-refractivity contribution in [3.8, 4) is 0 Å². The molecule has 0 spiro atoms. The van der Waals surface area contributed by atoms with Crippen molar-refractivity contribution < 1.29 is 18.9 Å². The molecule has 2 unspecified atom stereocenters. The Balaban J connectivity index is 2.46. The summed E-state index contributed by atoms with van der Waals surface area (Å²) in [6, 6.07) is -0.440. The Kier molecular flexibility index (Phi) is 8.77. The minimum atomic E-state index is -0.440. The molecule has 0 bridgehead atoms. The molecule has 0 amide bonds. The lowest BCUT2D eigenvalue weighted by Gasteiger charge is -2.26. The Hall–Kier alpha value is -0.0951. The molecule has 0 saturated carbocycles. The predicted molar refractivity (Wildman–Crippen MR) is 80.2 cm³/mol. The second kappa shape index (κ2) is 9.77. The maximum Gasteiger partial charge on any atom is 0.114 e. The van der Waals surface area contributed by atoms with E-state index in [9.17, 15) is 0 Å². The lowest BCUT2D eigenvalue weighted by atomic mass is 9.92. The molecular formula is C15H29BO4. The molecule has 20 heavy (non-hydrogen) atoms. The lowest BCUT2D eigenvalue weighted by Crippen LogP contribution is -2.40. The van der Waals surface area contributed by atoms with Crippen LogP contribution in [0.3, 0.4) is 0 Å². The highest BCUT2D eigenvalue weighted by Gasteiger charge is 2.43. The van der Waals surface area contributed by atoms with Crippen LogP contribution in [0.15, 0.2) is 0 Å². The molecule has 0 N–H and O–H groups in total. The standard InChI is InChI=1S/C15H29BO4/c1-5-6-7-8-9-18-14-13(19-11(2)3)12(10-17-4)20-15(14)16/h11-15H,5-10H2,1-4H3/t12-,13?,14?,15-/m1/s1. The third-order valence-electron chi connectivity index (χ3n) is 3.41. The molecule has 2 radical (unpaired) electrons. The highest BCUT2D eigenvalue weighted by atomic mass is 16.6. The third kappa shape index (κ3) is 5.72. The van der Waals surface area contributed by atoms with Gasteiger partial charge >= 0.3 is 0 Å². The van der Waals surface area contributed by atoms with Crippen LogP contribution in [0.25, 0.3) is 0 Å². The molecule has 1 rings (SSSR count). The van der Waals surface area contributed by atoms with Gasteiger partial charge in [0, 0.05) is 19.7 Å². The number of ether oxygens (including phenoxy) is 4. The quantitative estimate of drug-likeness (QED) is 0.455. The van der Waals surface area contributed by atoms with Crippen LogP contribution < -0.4 is 0 Å². The number of hydrogen-bond donors (Lipinski definition) is 0. The molecule has 4 atom stereocenters. The maximum atomic E-state index is 6.02. The van der Waals surface area contributed by atoms with Gasteiger partial charge in [0.2, 0.25) is 0 Å². The van der Waals surface area contributed by atoms with Gasteiger partial charge in [0.25, 0.3) is 0 Å². The normalized spacial score (nSPS) is 30.2. The van der Waals surface area contributed by atoms with E-state index in [0.29, 0.717) is 13.2 Å². The number of methoxy groups -OCH3 is 1. The lowest BCUT2D eigenvalue weighted by molar-refractivity contribution is -0.0958. The van der Waals surface area contributed by atoms with Gasteiger partial charge in [-0.1, -0.05) is 26.2 Å². The summed E-state index contributed by atoms with van der Waals surface area (Å²) in [5.41, 5.74) is 0. The Morgan fingerprint density at radius 1 is 1.15 bits per heavy atom. The first-order valence-electron chi connectivity index (χ1n) is 7.77. The molecule has 116 valence electrons. The van der Waals surface area contributed by atoms with Crippen LogP contribution in [-0.2, 0) is 18.9 Å². The van der Waals surface area contributed by atoms with E-state index in [1.807, 2.05) is 13.8 Å². The van der Waals surface area contributed by atoms with Crippen LogP contribution in [0.2, 0.25) is 0 Å². The molecule has 0 aromatic carbocycles. The SMILES string of the molecule is [B][C@@H]1O[C@H](COC)C(OC(C)C)C1OCCCCCC. The van der Waals surface area contributed by atoms with Crippen molar-refractivity contribution in [2.75, 3.05) is 20.3 Å². The summed E-state index contributed by atoms with van der Waals surface area (Å²) in [4.78, 5) is 0. The van der Waals surface area contributed by atoms with Crippen LogP contribution in [0.4, 0.5) is 0 Å². The maximum absolute atomic E-state index is 6.02. The van der Waals surface area contributed by atoms with Gasteiger partial charge in [-0.25, -0.2) is 0 Å². The van der Waals surface area contributed by atoms with E-state index in [1.54, 1.807) is 7.11 Å². The van der Waals surface area contributed by atoms with Gasteiger partial charge in [0.05, 0.1) is 12.7 Å². The zero-order chi connectivity index (χ0) is 15.0. The minimum Gasteiger partial charge on any atom is -0.382 e. The number of rotatable bonds is 10. The molecular weight excluding hydrogens is 255 g/mol. The monoisotopic (exact) mass is 284 g/mol. The molecule has 0 aromatic rings. The van der Waals surface area contributed by atoms with Gasteiger partial charge in [-0.05, 0) is 20.3 Å².